The van der Waals surface area contributed by atoms with E-state index in [1.807, 2.05) is 6.92 Å². The number of fused-ring (bicyclic) bond motifs is 3. The predicted molar refractivity (Wildman–Crippen MR) is 117 cm³/mol. The molecule has 0 aliphatic heterocycles. The highest BCUT2D eigenvalue weighted by molar-refractivity contribution is 6.14. The molecule has 0 amide bonds. The van der Waals surface area contributed by atoms with Gasteiger partial charge in [-0.05, 0) is 54.3 Å². The molecule has 0 unspecified atom stereocenters. The molecule has 2 heterocycles. The van der Waals surface area contributed by atoms with Gasteiger partial charge in [0.05, 0.1) is 11.0 Å². The molecular weight excluding hydrogens is 340 g/mol. The molecule has 0 fully saturated rings. The quantitative estimate of drug-likeness (QED) is 0.326. The average Bonchev–Trinajstić information content (AvgIpc) is 2.74. The van der Waals surface area contributed by atoms with Gasteiger partial charge < -0.3 is 0 Å². The van der Waals surface area contributed by atoms with Crippen LogP contribution in [-0.4, -0.2) is 9.97 Å². The van der Waals surface area contributed by atoms with E-state index in [0.717, 1.165) is 33.2 Å². The van der Waals surface area contributed by atoms with Crippen LogP contribution < -0.4 is 0 Å². The van der Waals surface area contributed by atoms with Crippen molar-refractivity contribution in [1.29, 1.82) is 0 Å². The van der Waals surface area contributed by atoms with Gasteiger partial charge in [0.25, 0.3) is 0 Å². The number of aryl methyl sites for hydroxylation is 2. The van der Waals surface area contributed by atoms with E-state index in [9.17, 15) is 0 Å². The Balaban J connectivity index is 1.97. The molecule has 28 heavy (non-hydrogen) atoms. The van der Waals surface area contributed by atoms with Crippen LogP contribution in [0.1, 0.15) is 11.4 Å². The lowest BCUT2D eigenvalue weighted by atomic mass is 9.93. The molecule has 2 heteroatoms. The van der Waals surface area contributed by atoms with Gasteiger partial charge in [-0.15, -0.1) is 0 Å². The fourth-order valence-corrected chi connectivity index (χ4v) is 3.90. The van der Waals surface area contributed by atoms with Crippen molar-refractivity contribution in [1.82, 2.24) is 9.97 Å². The molecular formula is C26H20N2. The number of hydrogen-bond acceptors (Lipinski definition) is 2. The highest BCUT2D eigenvalue weighted by Gasteiger charge is 2.15. The van der Waals surface area contributed by atoms with Crippen LogP contribution in [-0.2, 0) is 0 Å². The summed E-state index contributed by atoms with van der Waals surface area (Å²) >= 11 is 0. The summed E-state index contributed by atoms with van der Waals surface area (Å²) in [5.41, 5.74) is 8.73. The smallest absolute Gasteiger partial charge is 0.0974 e. The second-order valence-corrected chi connectivity index (χ2v) is 7.21. The second kappa shape index (κ2) is 6.58. The highest BCUT2D eigenvalue weighted by Crippen LogP contribution is 2.37. The largest absolute Gasteiger partial charge is 0.251 e. The van der Waals surface area contributed by atoms with Crippen LogP contribution >= 0.6 is 0 Å². The minimum Gasteiger partial charge on any atom is -0.251 e. The molecule has 0 saturated heterocycles. The van der Waals surface area contributed by atoms with Gasteiger partial charge in [-0.3, -0.25) is 9.97 Å². The fraction of sp³-hybridized carbons (Fsp3) is 0.0769. The Morgan fingerprint density at radius 3 is 1.68 bits per heavy atom. The molecule has 3 aromatic carbocycles. The summed E-state index contributed by atoms with van der Waals surface area (Å²) in [5, 5.41) is 2.28. The standard InChI is InChI=1S/C26H20N2/c1-17-13-14-21-23(20-11-7-4-8-12-20)16-24-22(19-9-5-3-6-10-19)15-18(2)28-26(24)25(21)27-17/h3-16H,1-2H3. The van der Waals surface area contributed by atoms with E-state index in [-0.39, 0.29) is 0 Å². The first-order valence-corrected chi connectivity index (χ1v) is 9.53. The summed E-state index contributed by atoms with van der Waals surface area (Å²) in [6.45, 7) is 4.09. The summed E-state index contributed by atoms with van der Waals surface area (Å²) in [6.07, 6.45) is 0. The Labute approximate surface area is 164 Å². The third-order valence-electron chi connectivity index (χ3n) is 5.19. The Kier molecular flexibility index (Phi) is 3.91. The zero-order valence-electron chi connectivity index (χ0n) is 16.0. The maximum Gasteiger partial charge on any atom is 0.0974 e. The Morgan fingerprint density at radius 1 is 0.500 bits per heavy atom. The van der Waals surface area contributed by atoms with Crippen LogP contribution in [0.25, 0.3) is 44.1 Å². The molecule has 134 valence electrons. The molecule has 0 aliphatic carbocycles. The van der Waals surface area contributed by atoms with E-state index in [1.165, 1.54) is 22.3 Å². The van der Waals surface area contributed by atoms with Crippen molar-refractivity contribution in [2.45, 2.75) is 13.8 Å². The molecule has 0 atom stereocenters. The second-order valence-electron chi connectivity index (χ2n) is 7.21. The number of pyridine rings is 2. The number of nitrogens with zero attached hydrogens (tertiary/aromatic N) is 2. The Morgan fingerprint density at radius 2 is 1.04 bits per heavy atom. The van der Waals surface area contributed by atoms with E-state index in [4.69, 9.17) is 9.97 Å². The number of hydrogen-bond donors (Lipinski definition) is 0. The molecule has 5 aromatic rings. The number of aromatic nitrogens is 2. The molecule has 2 aromatic heterocycles. The first kappa shape index (κ1) is 16.6. The molecule has 2 nitrogen and oxygen atoms in total. The minimum atomic E-state index is 0.970. The lowest BCUT2D eigenvalue weighted by molar-refractivity contribution is 1.23. The van der Waals surface area contributed by atoms with Crippen LogP contribution in [0.2, 0.25) is 0 Å². The van der Waals surface area contributed by atoms with Gasteiger partial charge in [0.2, 0.25) is 0 Å². The van der Waals surface area contributed by atoms with Gasteiger partial charge in [-0.25, -0.2) is 0 Å². The molecule has 0 radical (unpaired) electrons. The van der Waals surface area contributed by atoms with E-state index in [0.29, 0.717) is 0 Å². The first-order valence-electron chi connectivity index (χ1n) is 9.53. The van der Waals surface area contributed by atoms with Crippen molar-refractivity contribution in [2.75, 3.05) is 0 Å². The van der Waals surface area contributed by atoms with Crippen molar-refractivity contribution >= 4 is 21.8 Å². The predicted octanol–water partition coefficient (Wildman–Crippen LogP) is 6.73. The van der Waals surface area contributed by atoms with Crippen molar-refractivity contribution in [2.24, 2.45) is 0 Å². The molecule has 0 N–H and O–H groups in total. The Bertz CT molecular complexity index is 1300. The van der Waals surface area contributed by atoms with Gasteiger partial charge in [-0.1, -0.05) is 66.7 Å². The molecule has 0 spiro atoms. The number of rotatable bonds is 2. The van der Waals surface area contributed by atoms with Crippen molar-refractivity contribution in [3.8, 4) is 22.3 Å². The summed E-state index contributed by atoms with van der Waals surface area (Å²) in [5.74, 6) is 0. The van der Waals surface area contributed by atoms with E-state index in [1.54, 1.807) is 0 Å². The topological polar surface area (TPSA) is 25.8 Å². The van der Waals surface area contributed by atoms with Gasteiger partial charge in [-0.2, -0.15) is 0 Å². The third kappa shape index (κ3) is 2.74. The zero-order chi connectivity index (χ0) is 19.1. The van der Waals surface area contributed by atoms with Crippen molar-refractivity contribution < 1.29 is 0 Å². The van der Waals surface area contributed by atoms with Crippen molar-refractivity contribution in [3.63, 3.8) is 0 Å². The number of benzene rings is 3. The molecule has 0 saturated carbocycles. The van der Waals surface area contributed by atoms with E-state index in [2.05, 4.69) is 91.9 Å². The normalized spacial score (nSPS) is 11.2. The monoisotopic (exact) mass is 360 g/mol. The summed E-state index contributed by atoms with van der Waals surface area (Å²) in [6, 6.07) is 29.8. The van der Waals surface area contributed by atoms with Crippen LogP contribution in [0.5, 0.6) is 0 Å². The lowest BCUT2D eigenvalue weighted by Gasteiger charge is -2.14. The van der Waals surface area contributed by atoms with E-state index >= 15 is 0 Å². The maximum absolute atomic E-state index is 4.90. The van der Waals surface area contributed by atoms with Crippen molar-refractivity contribution in [3.05, 3.63) is 96.3 Å². The fourth-order valence-electron chi connectivity index (χ4n) is 3.90. The van der Waals surface area contributed by atoms with Gasteiger partial charge in [0, 0.05) is 22.2 Å². The van der Waals surface area contributed by atoms with Gasteiger partial charge in [0.15, 0.2) is 0 Å². The minimum absolute atomic E-state index is 0.970. The van der Waals surface area contributed by atoms with Gasteiger partial charge in [0.1, 0.15) is 0 Å². The maximum atomic E-state index is 4.90. The molecule has 0 aliphatic rings. The summed E-state index contributed by atoms with van der Waals surface area (Å²) < 4.78 is 0. The Hall–Kier alpha value is -3.52. The molecule has 5 rings (SSSR count). The van der Waals surface area contributed by atoms with Crippen LogP contribution in [0.15, 0.2) is 84.9 Å². The van der Waals surface area contributed by atoms with Crippen LogP contribution in [0, 0.1) is 13.8 Å². The average molecular weight is 360 g/mol. The summed E-state index contributed by atoms with van der Waals surface area (Å²) in [4.78, 5) is 9.81. The third-order valence-corrected chi connectivity index (χ3v) is 5.19. The SMILES string of the molecule is Cc1ccc2c(-c3ccccc3)cc3c(-c4ccccc4)cc(C)nc3c2n1. The summed E-state index contributed by atoms with van der Waals surface area (Å²) in [7, 11) is 0. The van der Waals surface area contributed by atoms with Crippen LogP contribution in [0.4, 0.5) is 0 Å². The van der Waals surface area contributed by atoms with E-state index < -0.39 is 0 Å². The molecule has 0 bridgehead atoms. The van der Waals surface area contributed by atoms with Crippen LogP contribution in [0.3, 0.4) is 0 Å². The lowest BCUT2D eigenvalue weighted by Crippen LogP contribution is -1.95. The zero-order valence-corrected chi connectivity index (χ0v) is 16.0. The first-order chi connectivity index (χ1) is 13.7. The van der Waals surface area contributed by atoms with Gasteiger partial charge >= 0.3 is 0 Å². The highest BCUT2D eigenvalue weighted by atomic mass is 14.8.